The number of fused-ring (bicyclic) bond motifs is 1. The first-order valence-corrected chi connectivity index (χ1v) is 6.18. The van der Waals surface area contributed by atoms with Gasteiger partial charge in [0.05, 0.1) is 24.6 Å². The Morgan fingerprint density at radius 1 is 1.44 bits per heavy atom. The van der Waals surface area contributed by atoms with Crippen molar-refractivity contribution in [2.24, 2.45) is 5.92 Å². The van der Waals surface area contributed by atoms with Crippen molar-refractivity contribution in [3.8, 4) is 0 Å². The molecule has 0 unspecified atom stereocenters. The molecule has 0 aromatic carbocycles. The third-order valence-corrected chi connectivity index (χ3v) is 3.53. The molecule has 3 nitrogen and oxygen atoms in total. The van der Waals surface area contributed by atoms with Crippen LogP contribution in [0.3, 0.4) is 0 Å². The van der Waals surface area contributed by atoms with Gasteiger partial charge in [-0.05, 0) is 24.8 Å². The Hall–Kier alpha value is -1.09. The first-order chi connectivity index (χ1) is 7.83. The van der Waals surface area contributed by atoms with E-state index in [4.69, 9.17) is 15.5 Å². The summed E-state index contributed by atoms with van der Waals surface area (Å²) in [4.78, 5) is 4.71. The van der Waals surface area contributed by atoms with Crippen LogP contribution < -0.4 is 5.73 Å². The van der Waals surface area contributed by atoms with Gasteiger partial charge in [-0.2, -0.15) is 0 Å². The van der Waals surface area contributed by atoms with Crippen LogP contribution in [0.25, 0.3) is 0 Å². The Morgan fingerprint density at radius 3 is 3.12 bits per heavy atom. The average molecular weight is 218 g/mol. The molecule has 0 atom stereocenters. The third-order valence-electron chi connectivity index (χ3n) is 3.53. The van der Waals surface area contributed by atoms with E-state index in [2.05, 4.69) is 6.07 Å². The molecule has 1 aromatic rings. The number of hydrogen-bond acceptors (Lipinski definition) is 3. The summed E-state index contributed by atoms with van der Waals surface area (Å²) in [7, 11) is 0. The monoisotopic (exact) mass is 218 g/mol. The van der Waals surface area contributed by atoms with Gasteiger partial charge in [0.2, 0.25) is 0 Å². The lowest BCUT2D eigenvalue weighted by Crippen LogP contribution is -2.14. The Kier molecular flexibility index (Phi) is 2.56. The highest BCUT2D eigenvalue weighted by Gasteiger charge is 2.22. The van der Waals surface area contributed by atoms with Crippen molar-refractivity contribution >= 4 is 5.69 Å². The summed E-state index contributed by atoms with van der Waals surface area (Å²) in [5.74, 6) is 0.945. The number of pyridine rings is 1. The van der Waals surface area contributed by atoms with Crippen LogP contribution in [0, 0.1) is 5.92 Å². The largest absolute Gasteiger partial charge is 0.397 e. The van der Waals surface area contributed by atoms with E-state index < -0.39 is 0 Å². The number of nitrogen functional groups attached to an aromatic ring is 1. The summed E-state index contributed by atoms with van der Waals surface area (Å²) in [5.41, 5.74) is 10.4. The highest BCUT2D eigenvalue weighted by Crippen LogP contribution is 2.34. The topological polar surface area (TPSA) is 48.1 Å². The lowest BCUT2D eigenvalue weighted by atomic mass is 10.1. The van der Waals surface area contributed by atoms with Crippen LogP contribution in [0.4, 0.5) is 5.69 Å². The van der Waals surface area contributed by atoms with Crippen molar-refractivity contribution in [3.63, 3.8) is 0 Å². The fourth-order valence-corrected chi connectivity index (χ4v) is 2.29. The molecule has 0 spiro atoms. The fraction of sp³-hybridized carbons (Fsp3) is 0.615. The van der Waals surface area contributed by atoms with E-state index in [0.29, 0.717) is 6.61 Å². The van der Waals surface area contributed by atoms with Crippen molar-refractivity contribution < 1.29 is 4.74 Å². The van der Waals surface area contributed by atoms with Crippen molar-refractivity contribution in [1.29, 1.82) is 0 Å². The summed E-state index contributed by atoms with van der Waals surface area (Å²) in [6.45, 7) is 1.47. The molecule has 2 N–H and O–H groups in total. The summed E-state index contributed by atoms with van der Waals surface area (Å²) in [6, 6.07) is 2.06. The van der Waals surface area contributed by atoms with Gasteiger partial charge >= 0.3 is 0 Å². The number of nitrogens with two attached hydrogens (primary N) is 1. The molecule has 3 heteroatoms. The zero-order valence-electron chi connectivity index (χ0n) is 9.54. The van der Waals surface area contributed by atoms with Gasteiger partial charge in [-0.1, -0.05) is 12.8 Å². The molecular weight excluding hydrogens is 200 g/mol. The van der Waals surface area contributed by atoms with E-state index in [1.165, 1.54) is 30.5 Å². The van der Waals surface area contributed by atoms with Gasteiger partial charge < -0.3 is 10.5 Å². The number of ether oxygens (including phenoxy) is 1. The molecule has 1 aliphatic carbocycles. The van der Waals surface area contributed by atoms with Gasteiger partial charge in [0.1, 0.15) is 0 Å². The van der Waals surface area contributed by atoms with E-state index in [-0.39, 0.29) is 0 Å². The number of aromatic nitrogens is 1. The molecule has 0 saturated heterocycles. The number of nitrogens with zero attached hydrogens (tertiary/aromatic N) is 1. The third kappa shape index (κ3) is 2.05. The van der Waals surface area contributed by atoms with E-state index in [9.17, 15) is 0 Å². The lowest BCUT2D eigenvalue weighted by Gasteiger charge is -2.17. The Bertz CT molecular complexity index is 399. The predicted molar refractivity (Wildman–Crippen MR) is 63.1 cm³/mol. The summed E-state index contributed by atoms with van der Waals surface area (Å²) >= 11 is 0. The number of anilines is 1. The second kappa shape index (κ2) is 4.06. The van der Waals surface area contributed by atoms with Gasteiger partial charge in [-0.15, -0.1) is 0 Å². The molecule has 2 heterocycles. The summed E-state index contributed by atoms with van der Waals surface area (Å²) in [5, 5.41) is 0. The van der Waals surface area contributed by atoms with Crippen LogP contribution >= 0.6 is 0 Å². The minimum Gasteiger partial charge on any atom is -0.397 e. The summed E-state index contributed by atoms with van der Waals surface area (Å²) in [6.07, 6.45) is 6.04. The minimum atomic E-state index is 0.676. The zero-order chi connectivity index (χ0) is 11.0. The smallest absolute Gasteiger partial charge is 0.0735 e. The van der Waals surface area contributed by atoms with Crippen molar-refractivity contribution in [3.05, 3.63) is 23.0 Å². The molecule has 2 aliphatic rings. The van der Waals surface area contributed by atoms with Gasteiger partial charge in [0, 0.05) is 17.7 Å². The molecule has 0 bridgehead atoms. The highest BCUT2D eigenvalue weighted by atomic mass is 16.5. The van der Waals surface area contributed by atoms with Gasteiger partial charge in [0.15, 0.2) is 0 Å². The molecule has 0 radical (unpaired) electrons. The maximum atomic E-state index is 6.03. The van der Waals surface area contributed by atoms with Crippen LogP contribution in [-0.4, -0.2) is 11.6 Å². The highest BCUT2D eigenvalue weighted by molar-refractivity contribution is 5.47. The van der Waals surface area contributed by atoms with Gasteiger partial charge in [-0.25, -0.2) is 0 Å². The number of hydrogen-bond donors (Lipinski definition) is 1. The van der Waals surface area contributed by atoms with Crippen molar-refractivity contribution in [1.82, 2.24) is 4.98 Å². The Morgan fingerprint density at radius 2 is 2.31 bits per heavy atom. The first-order valence-electron chi connectivity index (χ1n) is 6.18. The Labute approximate surface area is 96.0 Å². The van der Waals surface area contributed by atoms with Gasteiger partial charge in [0.25, 0.3) is 0 Å². The fourth-order valence-electron chi connectivity index (χ4n) is 2.29. The van der Waals surface area contributed by atoms with Crippen LogP contribution in [0.15, 0.2) is 6.07 Å². The molecule has 0 amide bonds. The van der Waals surface area contributed by atoms with E-state index in [1.807, 2.05) is 0 Å². The number of rotatable bonds is 3. The second-order valence-electron chi connectivity index (χ2n) is 4.91. The molecule has 1 aromatic heterocycles. The molecular formula is C13H18N2O. The van der Waals surface area contributed by atoms with Crippen LogP contribution in [0.1, 0.15) is 36.2 Å². The first kappa shape index (κ1) is 10.1. The van der Waals surface area contributed by atoms with E-state index in [0.717, 1.165) is 36.7 Å². The molecule has 3 rings (SSSR count). The molecule has 1 saturated carbocycles. The van der Waals surface area contributed by atoms with E-state index >= 15 is 0 Å². The molecule has 16 heavy (non-hydrogen) atoms. The minimum absolute atomic E-state index is 0.676. The van der Waals surface area contributed by atoms with Crippen LogP contribution in [0.5, 0.6) is 0 Å². The molecule has 86 valence electrons. The zero-order valence-corrected chi connectivity index (χ0v) is 9.54. The summed E-state index contributed by atoms with van der Waals surface area (Å²) < 4.78 is 5.40. The maximum Gasteiger partial charge on any atom is 0.0735 e. The van der Waals surface area contributed by atoms with Gasteiger partial charge in [-0.3, -0.25) is 4.98 Å². The quantitative estimate of drug-likeness (QED) is 0.845. The number of aryl methyl sites for hydroxylation is 1. The van der Waals surface area contributed by atoms with Crippen molar-refractivity contribution in [2.45, 2.75) is 38.7 Å². The Balaban J connectivity index is 1.80. The average Bonchev–Trinajstić information content (AvgIpc) is 3.10. The second-order valence-corrected chi connectivity index (χ2v) is 4.91. The van der Waals surface area contributed by atoms with Crippen molar-refractivity contribution in [2.75, 3.05) is 12.3 Å². The maximum absolute atomic E-state index is 6.03. The van der Waals surface area contributed by atoms with E-state index in [1.54, 1.807) is 0 Å². The normalized spacial score (nSPS) is 19.5. The van der Waals surface area contributed by atoms with Crippen LogP contribution in [0.2, 0.25) is 0 Å². The predicted octanol–water partition coefficient (Wildman–Crippen LogP) is 2.08. The molecule has 1 fully saturated rings. The molecule has 1 aliphatic heterocycles. The lowest BCUT2D eigenvalue weighted by molar-refractivity contribution is 0.109. The standard InChI is InChI=1S/C13H18N2O/c14-11-7-10-8-16-6-5-12(10)15-13(11)4-3-9-1-2-9/h7,9H,1-6,8,14H2. The van der Waals surface area contributed by atoms with Crippen LogP contribution in [-0.2, 0) is 24.2 Å². The SMILES string of the molecule is Nc1cc2c(nc1CCC1CC1)CCOC2.